The summed E-state index contributed by atoms with van der Waals surface area (Å²) in [6, 6.07) is 12.0. The SMILES string of the molecule is Cc1c(C(=O)O)ccc(-c2cc(C(=O)c3c(F)cccc3F)n3ccccc23)c1F. The van der Waals surface area contributed by atoms with Gasteiger partial charge in [0.15, 0.2) is 0 Å². The van der Waals surface area contributed by atoms with Crippen molar-refractivity contribution in [3.8, 4) is 11.1 Å². The van der Waals surface area contributed by atoms with Crippen LogP contribution in [0.15, 0.2) is 60.8 Å². The maximum absolute atomic E-state index is 15.0. The third-order valence-electron chi connectivity index (χ3n) is 5.01. The van der Waals surface area contributed by atoms with Gasteiger partial charge in [-0.3, -0.25) is 4.79 Å². The van der Waals surface area contributed by atoms with Gasteiger partial charge < -0.3 is 9.51 Å². The number of carbonyl (C=O) groups excluding carboxylic acids is 1. The molecule has 2 aromatic carbocycles. The first-order valence-electron chi connectivity index (χ1n) is 8.92. The van der Waals surface area contributed by atoms with Crippen molar-refractivity contribution in [2.45, 2.75) is 6.92 Å². The zero-order valence-electron chi connectivity index (χ0n) is 15.6. The number of aromatic nitrogens is 1. The second kappa shape index (κ2) is 7.18. The molecule has 2 aromatic heterocycles. The van der Waals surface area contributed by atoms with E-state index in [1.54, 1.807) is 18.2 Å². The van der Waals surface area contributed by atoms with Crippen molar-refractivity contribution in [3.05, 3.63) is 101 Å². The van der Waals surface area contributed by atoms with Crippen LogP contribution in [-0.2, 0) is 0 Å². The smallest absolute Gasteiger partial charge is 0.336 e. The lowest BCUT2D eigenvalue weighted by Gasteiger charge is -2.08. The van der Waals surface area contributed by atoms with Crippen LogP contribution in [-0.4, -0.2) is 21.3 Å². The number of carbonyl (C=O) groups is 2. The Morgan fingerprint density at radius 3 is 2.27 bits per heavy atom. The highest BCUT2D eigenvalue weighted by molar-refractivity contribution is 6.10. The number of hydrogen-bond donors (Lipinski definition) is 1. The molecule has 0 aliphatic heterocycles. The predicted molar refractivity (Wildman–Crippen MR) is 104 cm³/mol. The van der Waals surface area contributed by atoms with Crippen LogP contribution in [0.2, 0.25) is 0 Å². The number of carboxylic acid groups (broad SMARTS) is 1. The normalized spacial score (nSPS) is 11.1. The summed E-state index contributed by atoms with van der Waals surface area (Å²) in [4.78, 5) is 24.2. The predicted octanol–water partition coefficient (Wildman–Crippen LogP) is 5.26. The molecule has 0 atom stereocenters. The van der Waals surface area contributed by atoms with E-state index in [0.717, 1.165) is 18.2 Å². The number of benzene rings is 2. The summed E-state index contributed by atoms with van der Waals surface area (Å²) in [5.74, 6) is -4.90. The lowest BCUT2D eigenvalue weighted by atomic mass is 9.98. The quantitative estimate of drug-likeness (QED) is 0.468. The van der Waals surface area contributed by atoms with E-state index >= 15 is 4.39 Å². The monoisotopic (exact) mass is 409 g/mol. The van der Waals surface area contributed by atoms with Crippen molar-refractivity contribution in [3.63, 3.8) is 0 Å². The highest BCUT2D eigenvalue weighted by atomic mass is 19.1. The number of pyridine rings is 1. The Morgan fingerprint density at radius 1 is 0.900 bits per heavy atom. The molecule has 4 aromatic rings. The molecule has 150 valence electrons. The molecule has 0 aliphatic rings. The van der Waals surface area contributed by atoms with Crippen LogP contribution in [0.25, 0.3) is 16.6 Å². The molecular weight excluding hydrogens is 395 g/mol. The van der Waals surface area contributed by atoms with Crippen LogP contribution in [0.3, 0.4) is 0 Å². The van der Waals surface area contributed by atoms with E-state index < -0.39 is 34.8 Å². The minimum absolute atomic E-state index is 0.0519. The average molecular weight is 409 g/mol. The summed E-state index contributed by atoms with van der Waals surface area (Å²) >= 11 is 0. The number of fused-ring (bicyclic) bond motifs is 1. The number of halogens is 3. The van der Waals surface area contributed by atoms with Gasteiger partial charge in [0.05, 0.1) is 22.3 Å². The zero-order chi connectivity index (χ0) is 21.6. The van der Waals surface area contributed by atoms with E-state index in [1.165, 1.54) is 35.7 Å². The third-order valence-corrected chi connectivity index (χ3v) is 5.01. The summed E-state index contributed by atoms with van der Waals surface area (Å²) in [6.07, 6.45) is 1.53. The van der Waals surface area contributed by atoms with Crippen molar-refractivity contribution >= 4 is 17.3 Å². The largest absolute Gasteiger partial charge is 0.478 e. The molecule has 0 fully saturated rings. The van der Waals surface area contributed by atoms with Crippen molar-refractivity contribution in [2.75, 3.05) is 0 Å². The van der Waals surface area contributed by atoms with Gasteiger partial charge in [0.1, 0.15) is 17.5 Å². The van der Waals surface area contributed by atoms with E-state index in [4.69, 9.17) is 0 Å². The van der Waals surface area contributed by atoms with E-state index in [2.05, 4.69) is 0 Å². The van der Waals surface area contributed by atoms with Crippen molar-refractivity contribution in [1.82, 2.24) is 4.40 Å². The Balaban J connectivity index is 1.97. The lowest BCUT2D eigenvalue weighted by Crippen LogP contribution is -2.09. The van der Waals surface area contributed by atoms with Gasteiger partial charge in [-0.2, -0.15) is 0 Å². The first-order valence-corrected chi connectivity index (χ1v) is 8.92. The second-order valence-electron chi connectivity index (χ2n) is 6.73. The molecule has 2 heterocycles. The Hall–Kier alpha value is -3.87. The van der Waals surface area contributed by atoms with Crippen molar-refractivity contribution in [1.29, 1.82) is 0 Å². The topological polar surface area (TPSA) is 58.8 Å². The molecule has 0 radical (unpaired) electrons. The minimum Gasteiger partial charge on any atom is -0.478 e. The molecule has 0 saturated carbocycles. The Labute approximate surface area is 168 Å². The molecule has 0 bridgehead atoms. The number of ketones is 1. The van der Waals surface area contributed by atoms with Crippen LogP contribution < -0.4 is 0 Å². The molecule has 30 heavy (non-hydrogen) atoms. The molecule has 0 spiro atoms. The van der Waals surface area contributed by atoms with Gasteiger partial charge in [-0.1, -0.05) is 18.2 Å². The van der Waals surface area contributed by atoms with Gasteiger partial charge in [-0.05, 0) is 48.9 Å². The number of hydrogen-bond acceptors (Lipinski definition) is 2. The molecule has 0 aliphatic carbocycles. The molecule has 0 amide bonds. The van der Waals surface area contributed by atoms with E-state index in [-0.39, 0.29) is 22.4 Å². The zero-order valence-corrected chi connectivity index (χ0v) is 15.6. The van der Waals surface area contributed by atoms with Gasteiger partial charge in [0.2, 0.25) is 5.78 Å². The van der Waals surface area contributed by atoms with Gasteiger partial charge in [-0.15, -0.1) is 0 Å². The maximum atomic E-state index is 15.0. The van der Waals surface area contributed by atoms with E-state index in [0.29, 0.717) is 11.1 Å². The molecular formula is C23H14F3NO3. The standard InChI is InChI=1S/C23H14F3NO3/c1-12-13(23(29)30)8-9-14(21(12)26)15-11-19(27-10-3-2-7-18(15)27)22(28)20-16(24)5-4-6-17(20)25/h2-11H,1H3,(H,29,30). The summed E-state index contributed by atoms with van der Waals surface area (Å²) < 4.78 is 44.8. The fourth-order valence-corrected chi connectivity index (χ4v) is 3.51. The number of carboxylic acids is 1. The van der Waals surface area contributed by atoms with Gasteiger partial charge in [0, 0.05) is 17.3 Å². The van der Waals surface area contributed by atoms with Crippen LogP contribution >= 0.6 is 0 Å². The Bertz CT molecular complexity index is 1320. The third kappa shape index (κ3) is 2.95. The first kappa shape index (κ1) is 19.4. The highest BCUT2D eigenvalue weighted by Crippen LogP contribution is 2.33. The highest BCUT2D eigenvalue weighted by Gasteiger charge is 2.25. The number of aromatic carboxylic acids is 1. The number of rotatable bonds is 4. The van der Waals surface area contributed by atoms with E-state index in [1.807, 2.05) is 0 Å². The summed E-state index contributed by atoms with van der Waals surface area (Å²) in [7, 11) is 0. The number of nitrogens with zero attached hydrogens (tertiary/aromatic N) is 1. The van der Waals surface area contributed by atoms with E-state index in [9.17, 15) is 23.5 Å². The summed E-state index contributed by atoms with van der Waals surface area (Å²) in [5, 5.41) is 9.19. The van der Waals surface area contributed by atoms with Gasteiger partial charge in [-0.25, -0.2) is 18.0 Å². The molecule has 4 rings (SSSR count). The fraction of sp³-hybridized carbons (Fsp3) is 0.0435. The molecule has 1 N–H and O–H groups in total. The first-order chi connectivity index (χ1) is 14.3. The fourth-order valence-electron chi connectivity index (χ4n) is 3.51. The van der Waals surface area contributed by atoms with Crippen molar-refractivity contribution in [2.24, 2.45) is 0 Å². The van der Waals surface area contributed by atoms with Crippen LogP contribution in [0.5, 0.6) is 0 Å². The molecule has 0 saturated heterocycles. The van der Waals surface area contributed by atoms with Crippen LogP contribution in [0.4, 0.5) is 13.2 Å². The minimum atomic E-state index is -1.26. The lowest BCUT2D eigenvalue weighted by molar-refractivity contribution is 0.0695. The molecule has 4 nitrogen and oxygen atoms in total. The van der Waals surface area contributed by atoms with Gasteiger partial charge >= 0.3 is 5.97 Å². The maximum Gasteiger partial charge on any atom is 0.336 e. The van der Waals surface area contributed by atoms with Crippen molar-refractivity contribution < 1.29 is 27.9 Å². The molecule has 0 unspecified atom stereocenters. The Morgan fingerprint density at radius 2 is 1.60 bits per heavy atom. The second-order valence-corrected chi connectivity index (χ2v) is 6.73. The average Bonchev–Trinajstić information content (AvgIpc) is 3.09. The summed E-state index contributed by atoms with van der Waals surface area (Å²) in [5.41, 5.74) is -0.177. The van der Waals surface area contributed by atoms with Crippen LogP contribution in [0.1, 0.15) is 32.0 Å². The van der Waals surface area contributed by atoms with Crippen LogP contribution in [0, 0.1) is 24.4 Å². The molecule has 7 heteroatoms. The summed E-state index contributed by atoms with van der Waals surface area (Å²) in [6.45, 7) is 1.35. The van der Waals surface area contributed by atoms with Gasteiger partial charge in [0.25, 0.3) is 0 Å². The Kier molecular flexibility index (Phi) is 4.66.